The molecular weight excluding hydrogens is 791 g/mol. The molecule has 7 aromatic rings. The Hall–Kier alpha value is -2.28. The van der Waals surface area contributed by atoms with E-state index in [0.29, 0.717) is 0 Å². The van der Waals surface area contributed by atoms with Crippen LogP contribution in [-0.4, -0.2) is 22.1 Å². The quantitative estimate of drug-likeness (QED) is 0.0967. The van der Waals surface area contributed by atoms with Crippen LogP contribution < -0.4 is 0 Å². The van der Waals surface area contributed by atoms with E-state index in [9.17, 15) is 0 Å². The molecule has 0 unspecified atom stereocenters. The molecule has 5 heterocycles. The first kappa shape index (κ1) is 33.2. The van der Waals surface area contributed by atoms with Gasteiger partial charge in [-0.15, -0.1) is 22.7 Å². The van der Waals surface area contributed by atoms with Crippen molar-refractivity contribution in [1.82, 2.24) is 22.1 Å². The van der Waals surface area contributed by atoms with Gasteiger partial charge in [-0.3, -0.25) is 0 Å². The van der Waals surface area contributed by atoms with Crippen molar-refractivity contribution >= 4 is 100 Å². The van der Waals surface area contributed by atoms with Gasteiger partial charge in [0, 0.05) is 36.4 Å². The van der Waals surface area contributed by atoms with Crippen LogP contribution >= 0.6 is 78.0 Å². The number of thiophene rings is 2. The number of aromatic nitrogens is 5. The summed E-state index contributed by atoms with van der Waals surface area (Å²) in [5, 5.41) is 0. The standard InChI is InChI=1S/C36H35Br2N5S4/c1-2-3-4-5-6-7-8-9-10-11-22-43-27(31-20-18-29(44-31)23-12-14-25(37)35-33(23)39-46-41-35)16-17-28(43)32-21-19-30(45-32)24-13-15-26(38)36-34(24)40-47-42-36/h12-21H,2-11,22H2,1H3. The molecule has 0 amide bonds. The van der Waals surface area contributed by atoms with E-state index in [0.717, 1.165) is 48.7 Å². The molecule has 2 aromatic carbocycles. The van der Waals surface area contributed by atoms with Crippen molar-refractivity contribution in [3.63, 3.8) is 0 Å². The Labute approximate surface area is 309 Å². The lowest BCUT2D eigenvalue weighted by atomic mass is 10.1. The molecule has 0 atom stereocenters. The zero-order valence-corrected chi connectivity index (χ0v) is 32.6. The van der Waals surface area contributed by atoms with Crippen LogP contribution in [0.4, 0.5) is 0 Å². The molecule has 5 aromatic heterocycles. The van der Waals surface area contributed by atoms with Crippen molar-refractivity contribution in [2.75, 3.05) is 0 Å². The fraction of sp³-hybridized carbons (Fsp3) is 0.333. The molecule has 0 N–H and O–H groups in total. The summed E-state index contributed by atoms with van der Waals surface area (Å²) in [6.45, 7) is 3.29. The summed E-state index contributed by atoms with van der Waals surface area (Å²) in [5.74, 6) is 0. The minimum atomic E-state index is 0.930. The van der Waals surface area contributed by atoms with Crippen molar-refractivity contribution in [1.29, 1.82) is 0 Å². The number of hydrogen-bond donors (Lipinski definition) is 0. The molecule has 0 radical (unpaired) electrons. The van der Waals surface area contributed by atoms with E-state index in [2.05, 4.69) is 122 Å². The second-order valence-corrected chi connectivity index (χ2v) is 16.8. The summed E-state index contributed by atoms with van der Waals surface area (Å²) in [5.41, 5.74) is 8.62. The maximum Gasteiger partial charge on any atom is 0.119 e. The van der Waals surface area contributed by atoms with E-state index in [1.165, 1.54) is 119 Å². The lowest BCUT2D eigenvalue weighted by molar-refractivity contribution is 0.538. The van der Waals surface area contributed by atoms with Gasteiger partial charge in [-0.2, -0.15) is 17.5 Å². The van der Waals surface area contributed by atoms with Crippen molar-refractivity contribution in [3.8, 4) is 42.0 Å². The summed E-state index contributed by atoms with van der Waals surface area (Å²) in [6, 6.07) is 22.1. The molecule has 0 spiro atoms. The normalized spacial score (nSPS) is 11.8. The van der Waals surface area contributed by atoms with Crippen LogP contribution in [-0.2, 0) is 6.54 Å². The molecule has 0 aliphatic heterocycles. The highest BCUT2D eigenvalue weighted by atomic mass is 79.9. The van der Waals surface area contributed by atoms with E-state index >= 15 is 0 Å². The van der Waals surface area contributed by atoms with Gasteiger partial charge in [0.05, 0.1) is 44.6 Å². The Kier molecular flexibility index (Phi) is 11.0. The fourth-order valence-corrected chi connectivity index (χ4v) is 10.5. The lowest BCUT2D eigenvalue weighted by Crippen LogP contribution is -2.01. The van der Waals surface area contributed by atoms with Crippen molar-refractivity contribution in [2.24, 2.45) is 0 Å². The highest BCUT2D eigenvalue weighted by molar-refractivity contribution is 9.11. The number of rotatable bonds is 15. The molecule has 5 nitrogen and oxygen atoms in total. The van der Waals surface area contributed by atoms with Gasteiger partial charge < -0.3 is 4.57 Å². The van der Waals surface area contributed by atoms with Gasteiger partial charge in [0.2, 0.25) is 0 Å². The van der Waals surface area contributed by atoms with Gasteiger partial charge >= 0.3 is 0 Å². The number of benzene rings is 2. The van der Waals surface area contributed by atoms with Gasteiger partial charge in [-0.25, -0.2) is 0 Å². The second-order valence-electron chi connectivity index (χ2n) is 11.9. The minimum absolute atomic E-state index is 0.930. The zero-order valence-electron chi connectivity index (χ0n) is 26.2. The highest BCUT2D eigenvalue weighted by Gasteiger charge is 2.19. The molecule has 7 rings (SSSR count). The minimum Gasteiger partial charge on any atom is -0.339 e. The summed E-state index contributed by atoms with van der Waals surface area (Å²) in [7, 11) is 0. The highest BCUT2D eigenvalue weighted by Crippen LogP contribution is 2.43. The molecule has 242 valence electrons. The fourth-order valence-electron chi connectivity index (χ4n) is 6.21. The third-order valence-corrected chi connectivity index (χ3v) is 13.3. The SMILES string of the molecule is CCCCCCCCCCCCn1c(-c2ccc(-c3ccc(Br)c4nsnc34)s2)ccc1-c1ccc(-c2ccc(Br)c3nsnc23)s1. The molecular formula is C36H35Br2N5S4. The average molecular weight is 826 g/mol. The number of unbranched alkanes of at least 4 members (excludes halogenated alkanes) is 9. The predicted molar refractivity (Wildman–Crippen MR) is 211 cm³/mol. The van der Waals surface area contributed by atoms with E-state index in [-0.39, 0.29) is 0 Å². The monoisotopic (exact) mass is 823 g/mol. The Balaban J connectivity index is 1.15. The first-order valence-electron chi connectivity index (χ1n) is 16.3. The Morgan fingerprint density at radius 1 is 0.489 bits per heavy atom. The van der Waals surface area contributed by atoms with Crippen LogP contribution in [0.2, 0.25) is 0 Å². The lowest BCUT2D eigenvalue weighted by Gasteiger charge is -2.12. The molecule has 0 aliphatic rings. The largest absolute Gasteiger partial charge is 0.339 e. The maximum atomic E-state index is 4.63. The van der Waals surface area contributed by atoms with E-state index in [4.69, 9.17) is 0 Å². The van der Waals surface area contributed by atoms with Crippen LogP contribution in [0.3, 0.4) is 0 Å². The van der Waals surface area contributed by atoms with Crippen molar-refractivity contribution in [2.45, 2.75) is 77.7 Å². The maximum absolute atomic E-state index is 4.63. The van der Waals surface area contributed by atoms with Crippen LogP contribution in [0.25, 0.3) is 64.1 Å². The number of hydrogen-bond acceptors (Lipinski definition) is 8. The van der Waals surface area contributed by atoms with Crippen LogP contribution in [0.15, 0.2) is 69.6 Å². The molecule has 0 aliphatic carbocycles. The van der Waals surface area contributed by atoms with Crippen molar-refractivity contribution in [3.05, 3.63) is 69.6 Å². The van der Waals surface area contributed by atoms with Gasteiger partial charge in [0.15, 0.2) is 0 Å². The van der Waals surface area contributed by atoms with E-state index < -0.39 is 0 Å². The van der Waals surface area contributed by atoms with Gasteiger partial charge in [0.25, 0.3) is 0 Å². The summed E-state index contributed by atoms with van der Waals surface area (Å²) < 4.78 is 22.8. The van der Waals surface area contributed by atoms with Gasteiger partial charge in [-0.1, -0.05) is 76.8 Å². The summed E-state index contributed by atoms with van der Waals surface area (Å²) >= 11 is 13.5. The zero-order chi connectivity index (χ0) is 32.2. The Morgan fingerprint density at radius 3 is 1.40 bits per heavy atom. The molecule has 0 saturated carbocycles. The van der Waals surface area contributed by atoms with Crippen LogP contribution in [0.5, 0.6) is 0 Å². The topological polar surface area (TPSA) is 56.5 Å². The third-order valence-electron chi connectivity index (χ3n) is 8.70. The van der Waals surface area contributed by atoms with Crippen LogP contribution in [0, 0.1) is 0 Å². The van der Waals surface area contributed by atoms with Crippen molar-refractivity contribution < 1.29 is 0 Å². The molecule has 11 heteroatoms. The average Bonchev–Trinajstić information content (AvgIpc) is 3.92. The van der Waals surface area contributed by atoms with Crippen LogP contribution in [0.1, 0.15) is 71.1 Å². The Bertz CT molecular complexity index is 1970. The number of nitrogens with zero attached hydrogens (tertiary/aromatic N) is 5. The molecule has 0 saturated heterocycles. The van der Waals surface area contributed by atoms with Gasteiger partial charge in [-0.05, 0) is 86.8 Å². The first-order chi connectivity index (χ1) is 23.1. The molecule has 47 heavy (non-hydrogen) atoms. The van der Waals surface area contributed by atoms with Gasteiger partial charge in [0.1, 0.15) is 22.1 Å². The molecule has 0 bridgehead atoms. The Morgan fingerprint density at radius 2 is 0.915 bits per heavy atom. The number of halogens is 2. The molecule has 0 fully saturated rings. The second kappa shape index (κ2) is 15.5. The summed E-state index contributed by atoms with van der Waals surface area (Å²) in [6.07, 6.45) is 13.3. The number of fused-ring (bicyclic) bond motifs is 2. The predicted octanol–water partition coefficient (Wildman–Crippen LogP) is 13.7. The smallest absolute Gasteiger partial charge is 0.119 e. The third kappa shape index (κ3) is 7.21. The van der Waals surface area contributed by atoms with E-state index in [1.54, 1.807) is 0 Å². The summed E-state index contributed by atoms with van der Waals surface area (Å²) in [4.78, 5) is 4.98. The first-order valence-corrected chi connectivity index (χ1v) is 21.0. The van der Waals surface area contributed by atoms with E-state index in [1.807, 2.05) is 22.7 Å².